The minimum Gasteiger partial charge on any atom is -0.466 e. The van der Waals surface area contributed by atoms with Gasteiger partial charge in [-0.15, -0.1) is 0 Å². The van der Waals surface area contributed by atoms with Crippen molar-refractivity contribution in [1.29, 1.82) is 0 Å². The normalized spacial score (nSPS) is 25.2. The number of nitrogens with one attached hydrogen (secondary N) is 4. The summed E-state index contributed by atoms with van der Waals surface area (Å²) in [6.45, 7) is 3.85. The molecule has 2 heterocycles. The Bertz CT molecular complexity index is 2840. The monoisotopic (exact) mass is 1190 g/mol. The summed E-state index contributed by atoms with van der Waals surface area (Å²) in [5.74, 6) is -0.971. The number of alkyl carbamates (subject to hydrolysis) is 3. The van der Waals surface area contributed by atoms with Crippen LogP contribution >= 0.6 is 0 Å². The number of benzene rings is 3. The summed E-state index contributed by atoms with van der Waals surface area (Å²) in [5, 5.41) is 90.9. The number of carbonyl (C=O) groups excluding carboxylic acids is 5. The van der Waals surface area contributed by atoms with Crippen LogP contribution in [0.2, 0.25) is 0 Å². The number of non-ortho nitro benzene ring substituents is 3. The van der Waals surface area contributed by atoms with Crippen molar-refractivity contribution in [1.82, 2.24) is 26.2 Å². The molecule has 10 N–H and O–H groups in total. The molecule has 2 aliphatic heterocycles. The lowest BCUT2D eigenvalue weighted by Gasteiger charge is -2.50. The Morgan fingerprint density at radius 3 is 1.64 bits per heavy atom. The maximum Gasteiger partial charge on any atom is 0.410 e. The SMILES string of the molecule is CN(C(=O)OC(C)(C)C)[C@@H]1[C@@H](O)[C@@H](O[C@@H]2[C@@H](O)[C@H](O[C@H]3OC(CN)=CC[C@H]3NC(=O)OCc3ccc([N+](=O)[O-])cc3)[C@@H](NC(=O)OCc3ccc([N+](=O)[O-])cc3)C[C@H]2NC(=O)[C@@H](O)CCNC(=O)OCc2ccc([N+](=O)[O-])cc2)OC[C@]1(C)O. The molecule has 1 aliphatic carbocycles. The van der Waals surface area contributed by atoms with Crippen molar-refractivity contribution < 1.29 is 97.1 Å². The Balaban J connectivity index is 1.28. The Kier molecular flexibility index (Phi) is 22.2. The van der Waals surface area contributed by atoms with Crippen LogP contribution in [0, 0.1) is 30.3 Å². The first kappa shape index (κ1) is 64.8. The summed E-state index contributed by atoms with van der Waals surface area (Å²) in [7, 11) is 1.25. The largest absolute Gasteiger partial charge is 0.466 e. The zero-order valence-corrected chi connectivity index (χ0v) is 46.1. The molecule has 32 heteroatoms. The fraction of sp³-hybridized carbons (Fsp3) is 0.519. The number of nitrogens with two attached hydrogens (primary N) is 1. The molecule has 2 fully saturated rings. The van der Waals surface area contributed by atoms with Gasteiger partial charge in [0, 0.05) is 50.0 Å². The molecule has 12 atom stereocenters. The van der Waals surface area contributed by atoms with Crippen LogP contribution < -0.4 is 27.0 Å². The number of hydrogen-bond acceptors (Lipinski definition) is 24. The minimum absolute atomic E-state index is 0.0283. The molecule has 0 unspecified atom stereocenters. The van der Waals surface area contributed by atoms with Gasteiger partial charge in [-0.05, 0) is 106 Å². The summed E-state index contributed by atoms with van der Waals surface area (Å²) in [5.41, 5.74) is 3.48. The summed E-state index contributed by atoms with van der Waals surface area (Å²) < 4.78 is 46.2. The first-order valence-electron chi connectivity index (χ1n) is 26.1. The van der Waals surface area contributed by atoms with Crippen molar-refractivity contribution in [2.45, 2.75) is 145 Å². The molecule has 0 bridgehead atoms. The average Bonchev–Trinajstić information content (AvgIpc) is 2.16. The van der Waals surface area contributed by atoms with Crippen molar-refractivity contribution in [3.8, 4) is 0 Å². The van der Waals surface area contributed by atoms with E-state index in [-0.39, 0.29) is 55.5 Å². The van der Waals surface area contributed by atoms with Gasteiger partial charge in [-0.1, -0.05) is 0 Å². The molecule has 84 heavy (non-hydrogen) atoms. The van der Waals surface area contributed by atoms with Crippen molar-refractivity contribution in [2.24, 2.45) is 5.73 Å². The second-order valence-corrected chi connectivity index (χ2v) is 20.9. The molecule has 5 amide bonds. The fourth-order valence-corrected chi connectivity index (χ4v) is 9.09. The first-order chi connectivity index (χ1) is 39.6. The highest BCUT2D eigenvalue weighted by atomic mass is 16.7. The predicted molar refractivity (Wildman–Crippen MR) is 285 cm³/mol. The molecule has 1 saturated carbocycles. The molecule has 3 aliphatic rings. The number of nitro benzene ring substituents is 3. The van der Waals surface area contributed by atoms with Gasteiger partial charge >= 0.3 is 24.4 Å². The highest BCUT2D eigenvalue weighted by molar-refractivity contribution is 5.81. The smallest absolute Gasteiger partial charge is 0.410 e. The van der Waals surface area contributed by atoms with Crippen LogP contribution in [0.5, 0.6) is 0 Å². The zero-order chi connectivity index (χ0) is 61.6. The highest BCUT2D eigenvalue weighted by Gasteiger charge is 2.55. The van der Waals surface area contributed by atoms with Gasteiger partial charge in [-0.25, -0.2) is 19.2 Å². The van der Waals surface area contributed by atoms with Crippen molar-refractivity contribution in [2.75, 3.05) is 26.7 Å². The lowest BCUT2D eigenvalue weighted by Crippen LogP contribution is -2.70. The Hall–Kier alpha value is -8.37. The molecular formula is C52H67N9O23. The lowest BCUT2D eigenvalue weighted by atomic mass is 9.82. The molecule has 458 valence electrons. The minimum atomic E-state index is -2.07. The van der Waals surface area contributed by atoms with E-state index in [1.165, 1.54) is 92.8 Å². The molecule has 3 aromatic rings. The summed E-state index contributed by atoms with van der Waals surface area (Å²) in [4.78, 5) is 99.6. The standard InChI is InChI=1S/C52H67N9O23/c1-51(2,3)84-50(69)58(5)43-40(64)46(80-27-52(43,4)70)83-41-36(55-44(65)38(62)20-21-54-47(66)77-24-28-6-12-31(13-7-28)59(71)72)22-37(57-49(68)79-26-30-10-16-33(17-11-30)61(75)76)42(39(41)63)82-45-35(19-18-34(23-53)81-45)56-48(67)78-25-29-8-14-32(15-9-29)60(73)74/h6-18,35-43,45-46,62-64,70H,19-27,53H2,1-5H3,(H,54,66)(H,55,65)(H,56,67)(H,57,68)/t35-,36-,37+,38+,39-,40-,41+,42-,43-,45-,46-,52+/m1/s1. The van der Waals surface area contributed by atoms with E-state index in [1.54, 1.807) is 20.8 Å². The number of nitro groups is 3. The Labute approximate surface area is 478 Å². The molecule has 3 aromatic carbocycles. The van der Waals surface area contributed by atoms with Crippen LogP contribution in [0.25, 0.3) is 0 Å². The maximum absolute atomic E-state index is 14.0. The topological polar surface area (TPSA) is 447 Å². The second-order valence-electron chi connectivity index (χ2n) is 20.9. The number of carbonyl (C=O) groups is 5. The highest BCUT2D eigenvalue weighted by Crippen LogP contribution is 2.35. The van der Waals surface area contributed by atoms with Gasteiger partial charge in [0.05, 0.1) is 52.1 Å². The Morgan fingerprint density at radius 2 is 1.18 bits per heavy atom. The third-order valence-electron chi connectivity index (χ3n) is 13.3. The molecule has 0 aromatic heterocycles. The van der Waals surface area contributed by atoms with E-state index in [9.17, 15) is 74.7 Å². The van der Waals surface area contributed by atoms with Gasteiger partial charge < -0.3 is 90.2 Å². The molecule has 0 radical (unpaired) electrons. The zero-order valence-electron chi connectivity index (χ0n) is 46.1. The van der Waals surface area contributed by atoms with Gasteiger partial charge in [0.1, 0.15) is 67.3 Å². The Morgan fingerprint density at radius 1 is 0.726 bits per heavy atom. The number of amides is 5. The quantitative estimate of drug-likeness (QED) is 0.0396. The van der Waals surface area contributed by atoms with Crippen LogP contribution in [0.1, 0.15) is 63.6 Å². The number of rotatable bonds is 22. The van der Waals surface area contributed by atoms with Crippen LogP contribution in [-0.2, 0) is 62.5 Å². The first-order valence-corrected chi connectivity index (χ1v) is 26.1. The van der Waals surface area contributed by atoms with Crippen LogP contribution in [0.3, 0.4) is 0 Å². The summed E-state index contributed by atoms with van der Waals surface area (Å²) in [6, 6.07) is 9.78. The van der Waals surface area contributed by atoms with Gasteiger partial charge in [0.25, 0.3) is 17.1 Å². The molecule has 0 spiro atoms. The van der Waals surface area contributed by atoms with E-state index in [4.69, 9.17) is 43.6 Å². The van der Waals surface area contributed by atoms with Crippen LogP contribution in [0.15, 0.2) is 84.6 Å². The third-order valence-corrected chi connectivity index (χ3v) is 13.3. The number of likely N-dealkylation sites (N-methyl/N-ethyl adjacent to an activating group) is 1. The van der Waals surface area contributed by atoms with E-state index in [2.05, 4.69) is 21.3 Å². The van der Waals surface area contributed by atoms with E-state index >= 15 is 0 Å². The third kappa shape index (κ3) is 18.1. The van der Waals surface area contributed by atoms with Gasteiger partial charge in [0.2, 0.25) is 12.2 Å². The lowest BCUT2D eigenvalue weighted by molar-refractivity contribution is -0.385. The number of ether oxygens (including phenoxy) is 8. The van der Waals surface area contributed by atoms with Crippen molar-refractivity contribution >= 4 is 47.3 Å². The molecule has 6 rings (SSSR count). The van der Waals surface area contributed by atoms with Gasteiger partial charge in [0.15, 0.2) is 6.29 Å². The molecule has 32 nitrogen and oxygen atoms in total. The van der Waals surface area contributed by atoms with Gasteiger partial charge in [-0.3, -0.25) is 35.1 Å². The van der Waals surface area contributed by atoms with Crippen molar-refractivity contribution in [3.63, 3.8) is 0 Å². The predicted octanol–water partition coefficient (Wildman–Crippen LogP) is 2.29. The number of aliphatic hydroxyl groups is 4. The number of hydrogen-bond donors (Lipinski definition) is 9. The average molecular weight is 1190 g/mol. The second kappa shape index (κ2) is 28.7. The van der Waals surface area contributed by atoms with Crippen LogP contribution in [0.4, 0.5) is 36.2 Å². The van der Waals surface area contributed by atoms with E-state index in [1.807, 2.05) is 0 Å². The number of nitrogens with zero attached hydrogens (tertiary/aromatic N) is 4. The van der Waals surface area contributed by atoms with Gasteiger partial charge in [-0.2, -0.15) is 0 Å². The molecule has 1 saturated heterocycles. The number of aliphatic hydroxyl groups excluding tert-OH is 3. The van der Waals surface area contributed by atoms with E-state index in [0.717, 1.165) is 4.90 Å². The summed E-state index contributed by atoms with van der Waals surface area (Å²) >= 11 is 0. The summed E-state index contributed by atoms with van der Waals surface area (Å²) in [6.07, 6.45) is -16.4. The molecular weight excluding hydrogens is 1120 g/mol. The maximum atomic E-state index is 14.0. The van der Waals surface area contributed by atoms with E-state index < -0.39 is 150 Å². The van der Waals surface area contributed by atoms with E-state index in [0.29, 0.717) is 16.7 Å². The fourth-order valence-electron chi connectivity index (χ4n) is 9.09. The van der Waals surface area contributed by atoms with Crippen LogP contribution in [-0.4, -0.2) is 176 Å². The van der Waals surface area contributed by atoms with Crippen molar-refractivity contribution in [3.05, 3.63) is 132 Å².